The van der Waals surface area contributed by atoms with Crippen molar-refractivity contribution in [1.29, 1.82) is 0 Å². The number of anilines is 1. The van der Waals surface area contributed by atoms with Crippen molar-refractivity contribution in [3.8, 4) is 5.75 Å². The van der Waals surface area contributed by atoms with E-state index in [1.54, 1.807) is 43.5 Å². The molecule has 0 aromatic heterocycles. The molecule has 1 atom stereocenters. The Balaban J connectivity index is 1.75. The largest absolute Gasteiger partial charge is 0.497 e. The van der Waals surface area contributed by atoms with Crippen molar-refractivity contribution in [3.63, 3.8) is 0 Å². The number of hydrogen-bond acceptors (Lipinski definition) is 6. The molecule has 1 aliphatic carbocycles. The van der Waals surface area contributed by atoms with Crippen LogP contribution in [-0.2, 0) is 32.6 Å². The lowest BCUT2D eigenvalue weighted by Crippen LogP contribution is -2.55. The molecule has 10 heteroatoms. The molecule has 2 amide bonds. The maximum atomic E-state index is 14.3. The molecule has 0 aliphatic heterocycles. The average molecular weight is 620 g/mol. The van der Waals surface area contributed by atoms with Crippen molar-refractivity contribution in [2.75, 3.05) is 24.2 Å². The Morgan fingerprint density at radius 3 is 2.25 bits per heavy atom. The molecule has 1 N–H and O–H groups in total. The molecule has 3 aromatic carbocycles. The summed E-state index contributed by atoms with van der Waals surface area (Å²) in [5.74, 6) is -0.457. The van der Waals surface area contributed by atoms with Gasteiger partial charge < -0.3 is 15.0 Å². The van der Waals surface area contributed by atoms with Gasteiger partial charge in [0, 0.05) is 24.6 Å². The zero-order valence-corrected chi connectivity index (χ0v) is 26.4. The van der Waals surface area contributed by atoms with Crippen LogP contribution in [-0.4, -0.2) is 62.9 Å². The number of carbonyl (C=O) groups excluding carboxylic acids is 3. The van der Waals surface area contributed by atoms with Gasteiger partial charge in [-0.1, -0.05) is 73.9 Å². The summed E-state index contributed by atoms with van der Waals surface area (Å²) in [5.41, 5.74) is 2.12. The average Bonchev–Trinajstić information content (AvgIpc) is 3.02. The summed E-state index contributed by atoms with van der Waals surface area (Å²) in [6, 6.07) is 22.0. The molecule has 9 nitrogen and oxygen atoms in total. The second kappa shape index (κ2) is 15.0. The van der Waals surface area contributed by atoms with Gasteiger partial charge in [0.2, 0.25) is 21.8 Å². The van der Waals surface area contributed by atoms with E-state index >= 15 is 0 Å². The first-order valence-corrected chi connectivity index (χ1v) is 16.8. The first-order valence-electron chi connectivity index (χ1n) is 14.9. The number of amides is 2. The zero-order chi connectivity index (χ0) is 31.7. The van der Waals surface area contributed by atoms with E-state index in [1.165, 1.54) is 17.9 Å². The number of nitrogens with zero attached hydrogens (tertiary/aromatic N) is 2. The van der Waals surface area contributed by atoms with Gasteiger partial charge in [-0.2, -0.15) is 0 Å². The van der Waals surface area contributed by atoms with Gasteiger partial charge in [0.25, 0.3) is 0 Å². The Hall–Kier alpha value is -4.18. The molecule has 0 bridgehead atoms. The summed E-state index contributed by atoms with van der Waals surface area (Å²) in [4.78, 5) is 41.9. The number of ether oxygens (including phenoxy) is 1. The summed E-state index contributed by atoms with van der Waals surface area (Å²) in [6.45, 7) is 0.896. The minimum Gasteiger partial charge on any atom is -0.497 e. The Kier molecular flexibility index (Phi) is 11.2. The van der Waals surface area contributed by atoms with E-state index in [2.05, 4.69) is 5.32 Å². The van der Waals surface area contributed by atoms with E-state index in [0.29, 0.717) is 11.3 Å². The van der Waals surface area contributed by atoms with Gasteiger partial charge >= 0.3 is 0 Å². The van der Waals surface area contributed by atoms with Crippen molar-refractivity contribution in [2.24, 2.45) is 0 Å². The monoisotopic (exact) mass is 619 g/mol. The minimum atomic E-state index is -3.95. The number of hydrogen-bond donors (Lipinski definition) is 1. The predicted octanol–water partition coefficient (Wildman–Crippen LogP) is 4.75. The van der Waals surface area contributed by atoms with Crippen molar-refractivity contribution in [2.45, 2.75) is 64.1 Å². The van der Waals surface area contributed by atoms with Crippen LogP contribution in [0.15, 0.2) is 78.9 Å². The number of benzene rings is 3. The van der Waals surface area contributed by atoms with Crippen molar-refractivity contribution < 1.29 is 27.5 Å². The van der Waals surface area contributed by atoms with Crippen molar-refractivity contribution in [3.05, 3.63) is 95.6 Å². The standard InChI is InChI=1S/C34H41N3O6S/c1-25(38)28-15-11-18-30(22-28)37(44(3,41)42)24-33(39)36(23-27-14-10-19-31(20-27)43-2)32(21-26-12-6-4-7-13-26)34(40)35-29-16-8-5-9-17-29/h4,6-7,10-15,18-20,22,29,32H,5,8-9,16-17,21,23-24H2,1-3H3,(H,35,40). The third-order valence-electron chi connectivity index (χ3n) is 7.93. The molecular formula is C34H41N3O6S. The lowest BCUT2D eigenvalue weighted by atomic mass is 9.94. The normalized spacial score (nSPS) is 14.3. The molecule has 0 radical (unpaired) electrons. The van der Waals surface area contributed by atoms with E-state index in [9.17, 15) is 22.8 Å². The van der Waals surface area contributed by atoms with Crippen LogP contribution in [0.5, 0.6) is 5.75 Å². The molecular weight excluding hydrogens is 578 g/mol. The maximum absolute atomic E-state index is 14.3. The van der Waals surface area contributed by atoms with Gasteiger partial charge in [-0.25, -0.2) is 8.42 Å². The molecule has 0 spiro atoms. The number of carbonyl (C=O) groups is 3. The highest BCUT2D eigenvalue weighted by atomic mass is 32.2. The highest BCUT2D eigenvalue weighted by molar-refractivity contribution is 7.92. The Morgan fingerprint density at radius 2 is 1.59 bits per heavy atom. The zero-order valence-electron chi connectivity index (χ0n) is 25.6. The van der Waals surface area contributed by atoms with E-state index in [0.717, 1.165) is 53.8 Å². The van der Waals surface area contributed by atoms with Crippen LogP contribution in [0.25, 0.3) is 0 Å². The Morgan fingerprint density at radius 1 is 0.909 bits per heavy atom. The van der Waals surface area contributed by atoms with Gasteiger partial charge in [0.15, 0.2) is 5.78 Å². The molecule has 234 valence electrons. The van der Waals surface area contributed by atoms with Crippen LogP contribution in [0.3, 0.4) is 0 Å². The fourth-order valence-corrected chi connectivity index (χ4v) is 6.40. The number of sulfonamides is 1. The van der Waals surface area contributed by atoms with Gasteiger partial charge in [0.1, 0.15) is 18.3 Å². The van der Waals surface area contributed by atoms with E-state index in [1.807, 2.05) is 36.4 Å². The minimum absolute atomic E-state index is 0.0186. The Bertz CT molecular complexity index is 1550. The molecule has 1 fully saturated rings. The van der Waals surface area contributed by atoms with Gasteiger partial charge in [-0.3, -0.25) is 18.7 Å². The maximum Gasteiger partial charge on any atom is 0.244 e. The molecule has 0 heterocycles. The van der Waals surface area contributed by atoms with Gasteiger partial charge in [-0.05, 0) is 55.2 Å². The van der Waals surface area contributed by atoms with Gasteiger partial charge in [0.05, 0.1) is 19.1 Å². The van der Waals surface area contributed by atoms with Crippen LogP contribution in [0, 0.1) is 0 Å². The second-order valence-electron chi connectivity index (χ2n) is 11.3. The number of nitrogens with one attached hydrogen (secondary N) is 1. The lowest BCUT2D eigenvalue weighted by molar-refractivity contribution is -0.140. The molecule has 3 aromatic rings. The SMILES string of the molecule is COc1cccc(CN(C(=O)CN(c2cccc(C(C)=O)c2)S(C)(=O)=O)C(Cc2ccccc2)C(=O)NC2CCCCC2)c1. The van der Waals surface area contributed by atoms with Crippen LogP contribution >= 0.6 is 0 Å². The third-order valence-corrected chi connectivity index (χ3v) is 9.07. The third kappa shape index (κ3) is 8.92. The smallest absolute Gasteiger partial charge is 0.244 e. The summed E-state index contributed by atoms with van der Waals surface area (Å²) in [6.07, 6.45) is 6.21. The molecule has 1 aliphatic rings. The first kappa shape index (κ1) is 32.7. The second-order valence-corrected chi connectivity index (χ2v) is 13.2. The number of ketones is 1. The summed E-state index contributed by atoms with van der Waals surface area (Å²) < 4.78 is 32.5. The summed E-state index contributed by atoms with van der Waals surface area (Å²) >= 11 is 0. The van der Waals surface area contributed by atoms with Crippen LogP contribution in [0.4, 0.5) is 5.69 Å². The van der Waals surface area contributed by atoms with E-state index in [4.69, 9.17) is 4.74 Å². The van der Waals surface area contributed by atoms with E-state index in [-0.39, 0.29) is 36.4 Å². The fourth-order valence-electron chi connectivity index (χ4n) is 5.56. The highest BCUT2D eigenvalue weighted by Crippen LogP contribution is 2.24. The first-order chi connectivity index (χ1) is 21.0. The van der Waals surface area contributed by atoms with Gasteiger partial charge in [-0.15, -0.1) is 0 Å². The van der Waals surface area contributed by atoms with Crippen molar-refractivity contribution >= 4 is 33.3 Å². The predicted molar refractivity (Wildman–Crippen MR) is 171 cm³/mol. The Labute approximate surface area is 260 Å². The molecule has 44 heavy (non-hydrogen) atoms. The molecule has 1 saturated carbocycles. The summed E-state index contributed by atoms with van der Waals surface area (Å²) in [5, 5.41) is 3.19. The lowest BCUT2D eigenvalue weighted by Gasteiger charge is -2.35. The quantitative estimate of drug-likeness (QED) is 0.276. The topological polar surface area (TPSA) is 113 Å². The number of Topliss-reactive ketones (excluding diaryl/α,β-unsaturated/α-hetero) is 1. The van der Waals surface area contributed by atoms with Crippen LogP contribution in [0.2, 0.25) is 0 Å². The molecule has 1 unspecified atom stereocenters. The summed E-state index contributed by atoms with van der Waals surface area (Å²) in [7, 11) is -2.39. The fraction of sp³-hybridized carbons (Fsp3) is 0.382. The van der Waals surface area contributed by atoms with Crippen LogP contribution in [0.1, 0.15) is 60.5 Å². The number of methoxy groups -OCH3 is 1. The number of rotatable bonds is 13. The van der Waals surface area contributed by atoms with Crippen LogP contribution < -0.4 is 14.4 Å². The highest BCUT2D eigenvalue weighted by Gasteiger charge is 2.34. The molecule has 4 rings (SSSR count). The van der Waals surface area contributed by atoms with Crippen molar-refractivity contribution in [1.82, 2.24) is 10.2 Å². The molecule has 0 saturated heterocycles. The van der Waals surface area contributed by atoms with E-state index < -0.39 is 28.5 Å².